The van der Waals surface area contributed by atoms with Gasteiger partial charge in [0.1, 0.15) is 0 Å². The Morgan fingerprint density at radius 3 is 2.67 bits per heavy atom. The number of sulfone groups is 1. The number of thiazole rings is 1. The van der Waals surface area contributed by atoms with Crippen LogP contribution in [-0.4, -0.2) is 61.5 Å². The number of hydrogen-bond donors (Lipinski definition) is 0. The number of carbonyl (C=O) groups is 1. The lowest BCUT2D eigenvalue weighted by Crippen LogP contribution is -2.35. The molecule has 2 aromatic rings. The molecule has 0 N–H and O–H groups in total. The third-order valence-electron chi connectivity index (χ3n) is 4.53. The summed E-state index contributed by atoms with van der Waals surface area (Å²) in [5, 5.41) is 3.30. The predicted molar refractivity (Wildman–Crippen MR) is 107 cm³/mol. The second-order valence-corrected chi connectivity index (χ2v) is 10.2. The van der Waals surface area contributed by atoms with Crippen molar-refractivity contribution in [2.75, 3.05) is 32.4 Å². The average molecular weight is 428 g/mol. The van der Waals surface area contributed by atoms with Crippen molar-refractivity contribution in [2.45, 2.75) is 24.8 Å². The minimum absolute atomic E-state index is 0.115. The van der Waals surface area contributed by atoms with E-state index in [0.29, 0.717) is 18.7 Å². The van der Waals surface area contributed by atoms with E-state index < -0.39 is 9.84 Å². The van der Waals surface area contributed by atoms with E-state index in [1.165, 1.54) is 18.2 Å². The van der Waals surface area contributed by atoms with Gasteiger partial charge in [-0.1, -0.05) is 11.6 Å². The van der Waals surface area contributed by atoms with Gasteiger partial charge in [0.05, 0.1) is 26.2 Å². The molecule has 1 aliphatic rings. The van der Waals surface area contributed by atoms with Crippen LogP contribution >= 0.6 is 22.9 Å². The van der Waals surface area contributed by atoms with Crippen molar-refractivity contribution in [1.82, 2.24) is 14.8 Å². The molecule has 3 rings (SSSR count). The van der Waals surface area contributed by atoms with Crippen LogP contribution in [0.4, 0.5) is 0 Å². The number of benzene rings is 1. The van der Waals surface area contributed by atoms with E-state index in [1.54, 1.807) is 16.2 Å². The topological polar surface area (TPSA) is 70.6 Å². The molecule has 0 unspecified atom stereocenters. The molecule has 0 bridgehead atoms. The molecule has 0 radical (unpaired) electrons. The molecule has 1 aromatic heterocycles. The van der Waals surface area contributed by atoms with Crippen LogP contribution in [0.1, 0.15) is 27.5 Å². The van der Waals surface area contributed by atoms with Crippen LogP contribution in [0.15, 0.2) is 28.5 Å². The minimum Gasteiger partial charge on any atom is -0.337 e. The van der Waals surface area contributed by atoms with E-state index >= 15 is 0 Å². The third-order valence-corrected chi connectivity index (χ3v) is 6.77. The molecule has 1 amide bonds. The van der Waals surface area contributed by atoms with E-state index in [9.17, 15) is 13.2 Å². The Hall–Kier alpha value is -1.48. The lowest BCUT2D eigenvalue weighted by atomic mass is 10.2. The molecule has 0 saturated carbocycles. The first-order valence-electron chi connectivity index (χ1n) is 8.66. The van der Waals surface area contributed by atoms with Gasteiger partial charge in [-0.05, 0) is 31.5 Å². The molecular formula is C18H22ClN3O3S2. The highest BCUT2D eigenvalue weighted by atomic mass is 35.5. The Labute approximate surface area is 168 Å². The number of halogens is 1. The van der Waals surface area contributed by atoms with Crippen molar-refractivity contribution in [3.63, 3.8) is 0 Å². The maximum absolute atomic E-state index is 12.9. The maximum atomic E-state index is 12.9. The van der Waals surface area contributed by atoms with E-state index in [4.69, 9.17) is 11.6 Å². The van der Waals surface area contributed by atoms with Gasteiger partial charge in [-0.3, -0.25) is 9.69 Å². The monoisotopic (exact) mass is 427 g/mol. The van der Waals surface area contributed by atoms with Gasteiger partial charge in [0, 0.05) is 44.4 Å². The molecule has 9 heteroatoms. The molecule has 1 aromatic carbocycles. The standard InChI is InChI=1S/C18H22ClN3O3S2/c1-13-20-14(12-26-13)11-21-6-3-7-22(9-8-21)18(23)16-5-4-15(10-17(16)19)27(2,24)25/h4-5,10,12H,3,6-9,11H2,1-2H3. The summed E-state index contributed by atoms with van der Waals surface area (Å²) in [7, 11) is -3.35. The summed E-state index contributed by atoms with van der Waals surface area (Å²) in [4.78, 5) is 21.6. The number of aromatic nitrogens is 1. The Balaban J connectivity index is 1.67. The van der Waals surface area contributed by atoms with Crippen molar-refractivity contribution >= 4 is 38.7 Å². The lowest BCUT2D eigenvalue weighted by Gasteiger charge is -2.22. The van der Waals surface area contributed by atoms with Gasteiger partial charge in [-0.2, -0.15) is 0 Å². The number of amides is 1. The molecular weight excluding hydrogens is 406 g/mol. The van der Waals surface area contributed by atoms with Crippen LogP contribution in [0, 0.1) is 6.92 Å². The Morgan fingerprint density at radius 1 is 1.26 bits per heavy atom. The zero-order chi connectivity index (χ0) is 19.6. The van der Waals surface area contributed by atoms with E-state index in [-0.39, 0.29) is 15.8 Å². The van der Waals surface area contributed by atoms with Crippen LogP contribution in [0.3, 0.4) is 0 Å². The van der Waals surface area contributed by atoms with Crippen molar-refractivity contribution in [3.8, 4) is 0 Å². The zero-order valence-electron chi connectivity index (χ0n) is 15.3. The van der Waals surface area contributed by atoms with Gasteiger partial charge in [-0.15, -0.1) is 11.3 Å². The summed E-state index contributed by atoms with van der Waals surface area (Å²) < 4.78 is 23.3. The van der Waals surface area contributed by atoms with Crippen molar-refractivity contribution in [2.24, 2.45) is 0 Å². The van der Waals surface area contributed by atoms with Crippen LogP contribution in [0.5, 0.6) is 0 Å². The lowest BCUT2D eigenvalue weighted by molar-refractivity contribution is 0.0761. The van der Waals surface area contributed by atoms with Gasteiger partial charge in [0.2, 0.25) is 0 Å². The molecule has 27 heavy (non-hydrogen) atoms. The van der Waals surface area contributed by atoms with Crippen LogP contribution < -0.4 is 0 Å². The van der Waals surface area contributed by atoms with E-state index in [2.05, 4.69) is 15.3 Å². The second-order valence-electron chi connectivity index (χ2n) is 6.69. The first-order valence-corrected chi connectivity index (χ1v) is 11.8. The van der Waals surface area contributed by atoms with Crippen LogP contribution in [-0.2, 0) is 16.4 Å². The second kappa shape index (κ2) is 8.26. The summed E-state index contributed by atoms with van der Waals surface area (Å²) in [6.45, 7) is 5.70. The summed E-state index contributed by atoms with van der Waals surface area (Å²) in [6, 6.07) is 4.28. The summed E-state index contributed by atoms with van der Waals surface area (Å²) >= 11 is 7.84. The smallest absolute Gasteiger partial charge is 0.255 e. The largest absolute Gasteiger partial charge is 0.337 e. The Kier molecular flexibility index (Phi) is 6.20. The van der Waals surface area contributed by atoms with E-state index in [0.717, 1.165) is 43.0 Å². The SMILES string of the molecule is Cc1nc(CN2CCCN(C(=O)c3ccc(S(C)(=O)=O)cc3Cl)CC2)cs1. The molecule has 146 valence electrons. The molecule has 1 aliphatic heterocycles. The van der Waals surface area contributed by atoms with Gasteiger partial charge in [0.25, 0.3) is 5.91 Å². The van der Waals surface area contributed by atoms with Crippen molar-refractivity contribution in [1.29, 1.82) is 0 Å². The maximum Gasteiger partial charge on any atom is 0.255 e. The Morgan fingerprint density at radius 2 is 2.04 bits per heavy atom. The van der Waals surface area contributed by atoms with Crippen LogP contribution in [0.2, 0.25) is 5.02 Å². The molecule has 0 aliphatic carbocycles. The molecule has 2 heterocycles. The molecule has 0 spiro atoms. The summed E-state index contributed by atoms with van der Waals surface area (Å²) in [5.41, 5.74) is 1.41. The highest BCUT2D eigenvalue weighted by Gasteiger charge is 2.23. The fourth-order valence-electron chi connectivity index (χ4n) is 3.11. The fraction of sp³-hybridized carbons (Fsp3) is 0.444. The first kappa shape index (κ1) is 20.3. The summed E-state index contributed by atoms with van der Waals surface area (Å²) in [5.74, 6) is -0.161. The average Bonchev–Trinajstić information content (AvgIpc) is 2.86. The van der Waals surface area contributed by atoms with Crippen LogP contribution in [0.25, 0.3) is 0 Å². The number of carbonyl (C=O) groups excluding carboxylic acids is 1. The zero-order valence-corrected chi connectivity index (χ0v) is 17.7. The summed E-state index contributed by atoms with van der Waals surface area (Å²) in [6.07, 6.45) is 1.99. The quantitative estimate of drug-likeness (QED) is 0.750. The van der Waals surface area contributed by atoms with Gasteiger partial charge in [-0.25, -0.2) is 13.4 Å². The number of aryl methyl sites for hydroxylation is 1. The third kappa shape index (κ3) is 5.07. The molecule has 1 fully saturated rings. The van der Waals surface area contributed by atoms with Crippen molar-refractivity contribution in [3.05, 3.63) is 44.9 Å². The molecule has 0 atom stereocenters. The number of nitrogens with zero attached hydrogens (tertiary/aromatic N) is 3. The normalized spacial score (nSPS) is 16.3. The molecule has 1 saturated heterocycles. The number of hydrogen-bond acceptors (Lipinski definition) is 6. The van der Waals surface area contributed by atoms with E-state index in [1.807, 2.05) is 6.92 Å². The fourth-order valence-corrected chi connectivity index (χ4v) is 4.69. The minimum atomic E-state index is -3.35. The highest BCUT2D eigenvalue weighted by Crippen LogP contribution is 2.23. The predicted octanol–water partition coefficient (Wildman–Crippen LogP) is 2.86. The molecule has 6 nitrogen and oxygen atoms in total. The Bertz CT molecular complexity index is 943. The highest BCUT2D eigenvalue weighted by molar-refractivity contribution is 7.90. The first-order chi connectivity index (χ1) is 12.7. The van der Waals surface area contributed by atoms with Gasteiger partial charge < -0.3 is 4.90 Å². The van der Waals surface area contributed by atoms with Gasteiger partial charge in [0.15, 0.2) is 9.84 Å². The van der Waals surface area contributed by atoms with Gasteiger partial charge >= 0.3 is 0 Å². The number of rotatable bonds is 4. The van der Waals surface area contributed by atoms with Crippen molar-refractivity contribution < 1.29 is 13.2 Å².